The van der Waals surface area contributed by atoms with E-state index in [1.165, 1.54) is 39.2 Å². The first-order valence-electron chi connectivity index (χ1n) is 10.6. The van der Waals surface area contributed by atoms with Crippen LogP contribution in [0.15, 0.2) is 127 Å². The van der Waals surface area contributed by atoms with Gasteiger partial charge in [0, 0.05) is 35.4 Å². The van der Waals surface area contributed by atoms with Gasteiger partial charge >= 0.3 is 0 Å². The maximum atomic E-state index is 2.37. The highest BCUT2D eigenvalue weighted by atomic mass is 127. The predicted molar refractivity (Wildman–Crippen MR) is 129 cm³/mol. The Kier molecular flexibility index (Phi) is 6.81. The summed E-state index contributed by atoms with van der Waals surface area (Å²) in [5, 5.41) is 0. The highest BCUT2D eigenvalue weighted by Crippen LogP contribution is 2.30. The molecule has 0 atom stereocenters. The number of nitrogens with zero attached hydrogens (tertiary/aromatic N) is 1. The van der Waals surface area contributed by atoms with Crippen LogP contribution in [0.25, 0.3) is 39.3 Å². The highest BCUT2D eigenvalue weighted by molar-refractivity contribution is 5.74. The molecule has 4 aromatic carbocycles. The van der Waals surface area contributed by atoms with E-state index in [9.17, 15) is 0 Å². The van der Waals surface area contributed by atoms with E-state index in [0.29, 0.717) is 0 Å². The van der Waals surface area contributed by atoms with Gasteiger partial charge in [0.25, 0.3) is 0 Å². The molecule has 0 N–H and O–H groups in total. The number of hydrogen-bond acceptors (Lipinski definition) is 0. The summed E-state index contributed by atoms with van der Waals surface area (Å²) in [5.74, 6) is 0. The fourth-order valence-electron chi connectivity index (χ4n) is 4.01. The summed E-state index contributed by atoms with van der Waals surface area (Å²) in [5.41, 5.74) is 9.57. The van der Waals surface area contributed by atoms with Crippen molar-refractivity contribution in [2.45, 2.75) is 6.92 Å². The number of hydrogen-bond donors (Lipinski definition) is 0. The molecule has 5 rings (SSSR count). The smallest absolute Gasteiger partial charge is 0.219 e. The molecule has 32 heavy (non-hydrogen) atoms. The molecule has 0 aliphatic heterocycles. The summed E-state index contributed by atoms with van der Waals surface area (Å²) in [7, 11) is 0. The Labute approximate surface area is 207 Å². The van der Waals surface area contributed by atoms with Crippen molar-refractivity contribution in [1.29, 1.82) is 0 Å². The molecular formula is C30H24IN. The van der Waals surface area contributed by atoms with Crippen molar-refractivity contribution in [1.82, 2.24) is 0 Å². The summed E-state index contributed by atoms with van der Waals surface area (Å²) < 4.78 is 2.37. The minimum atomic E-state index is 0. The number of aromatic nitrogens is 1. The van der Waals surface area contributed by atoms with Crippen molar-refractivity contribution >= 4 is 0 Å². The first-order chi connectivity index (χ1) is 15.3. The number of halogens is 1. The van der Waals surface area contributed by atoms with Gasteiger partial charge in [0.2, 0.25) is 17.1 Å². The molecule has 1 aromatic heterocycles. The largest absolute Gasteiger partial charge is 1.00 e. The molecular weight excluding hydrogens is 501 g/mol. The van der Waals surface area contributed by atoms with E-state index in [-0.39, 0.29) is 24.0 Å². The van der Waals surface area contributed by atoms with Crippen molar-refractivity contribution < 1.29 is 28.5 Å². The second-order valence-corrected chi connectivity index (χ2v) is 7.78. The van der Waals surface area contributed by atoms with Crippen LogP contribution in [0.3, 0.4) is 0 Å². The third-order valence-electron chi connectivity index (χ3n) is 5.60. The van der Waals surface area contributed by atoms with Crippen LogP contribution in [0.2, 0.25) is 0 Å². The summed E-state index contributed by atoms with van der Waals surface area (Å²) in [6, 6.07) is 45.3. The standard InChI is InChI=1S/C30H24N.HI/c1-23-17-19-28(20-18-23)31-29(25-13-7-3-8-14-25)21-27(24-11-5-2-6-12-24)22-30(31)26-15-9-4-10-16-26;/h2-22H,1H3;1H/q+1;/p-1. The average Bonchev–Trinajstić information content (AvgIpc) is 2.85. The molecule has 0 aliphatic rings. The van der Waals surface area contributed by atoms with Crippen LogP contribution >= 0.6 is 0 Å². The van der Waals surface area contributed by atoms with E-state index in [0.717, 1.165) is 5.69 Å². The quantitative estimate of drug-likeness (QED) is 0.244. The second kappa shape index (κ2) is 9.92. The molecule has 0 unspecified atom stereocenters. The van der Waals surface area contributed by atoms with E-state index in [1.54, 1.807) is 0 Å². The van der Waals surface area contributed by atoms with Gasteiger partial charge in [0.05, 0.1) is 0 Å². The first kappa shape index (κ1) is 22.0. The Morgan fingerprint density at radius 3 is 1.28 bits per heavy atom. The van der Waals surface area contributed by atoms with E-state index in [1.807, 2.05) is 0 Å². The van der Waals surface area contributed by atoms with Crippen molar-refractivity contribution in [3.63, 3.8) is 0 Å². The van der Waals surface area contributed by atoms with Gasteiger partial charge in [-0.15, -0.1) is 0 Å². The number of benzene rings is 4. The summed E-state index contributed by atoms with van der Waals surface area (Å²) in [6.45, 7) is 2.13. The summed E-state index contributed by atoms with van der Waals surface area (Å²) in [6.07, 6.45) is 0. The van der Waals surface area contributed by atoms with Gasteiger partial charge in [0.1, 0.15) is 0 Å². The maximum absolute atomic E-state index is 2.37. The van der Waals surface area contributed by atoms with Gasteiger partial charge in [-0.2, -0.15) is 4.57 Å². The van der Waals surface area contributed by atoms with E-state index in [4.69, 9.17) is 0 Å². The Hall–Kier alpha value is -3.24. The monoisotopic (exact) mass is 525 g/mol. The summed E-state index contributed by atoms with van der Waals surface area (Å²) in [4.78, 5) is 0. The molecule has 0 bridgehead atoms. The molecule has 1 nitrogen and oxygen atoms in total. The molecule has 0 saturated carbocycles. The normalized spacial score (nSPS) is 10.4. The third kappa shape index (κ3) is 4.51. The highest BCUT2D eigenvalue weighted by Gasteiger charge is 2.24. The second-order valence-electron chi connectivity index (χ2n) is 7.78. The van der Waals surface area contributed by atoms with Gasteiger partial charge in [-0.25, -0.2) is 0 Å². The van der Waals surface area contributed by atoms with E-state index >= 15 is 0 Å². The maximum Gasteiger partial charge on any atom is 0.219 e. The van der Waals surface area contributed by atoms with E-state index < -0.39 is 0 Å². The van der Waals surface area contributed by atoms with Crippen LogP contribution in [0.4, 0.5) is 0 Å². The van der Waals surface area contributed by atoms with Gasteiger partial charge in [-0.1, -0.05) is 84.4 Å². The Morgan fingerprint density at radius 1 is 0.438 bits per heavy atom. The first-order valence-corrected chi connectivity index (χ1v) is 10.6. The number of aryl methyl sites for hydroxylation is 1. The molecule has 0 aliphatic carbocycles. The van der Waals surface area contributed by atoms with Crippen LogP contribution in [0, 0.1) is 6.92 Å². The van der Waals surface area contributed by atoms with Crippen LogP contribution in [0.1, 0.15) is 5.56 Å². The lowest BCUT2D eigenvalue weighted by molar-refractivity contribution is -0.572. The van der Waals surface area contributed by atoms with Crippen LogP contribution in [-0.2, 0) is 0 Å². The Balaban J connectivity index is 0.00000245. The zero-order valence-electron chi connectivity index (χ0n) is 17.9. The molecule has 0 radical (unpaired) electrons. The van der Waals surface area contributed by atoms with Crippen molar-refractivity contribution in [2.24, 2.45) is 0 Å². The van der Waals surface area contributed by atoms with Gasteiger partial charge in [-0.3, -0.25) is 0 Å². The summed E-state index contributed by atoms with van der Waals surface area (Å²) >= 11 is 0. The number of rotatable bonds is 4. The average molecular weight is 525 g/mol. The van der Waals surface area contributed by atoms with Gasteiger partial charge in [-0.05, 0) is 42.3 Å². The zero-order valence-corrected chi connectivity index (χ0v) is 20.1. The minimum Gasteiger partial charge on any atom is -1.00 e. The Morgan fingerprint density at radius 2 is 0.844 bits per heavy atom. The molecule has 5 aromatic rings. The lowest BCUT2D eigenvalue weighted by Gasteiger charge is -2.12. The number of pyridine rings is 1. The van der Waals surface area contributed by atoms with Crippen molar-refractivity contribution in [3.8, 4) is 39.3 Å². The van der Waals surface area contributed by atoms with Crippen molar-refractivity contribution in [2.75, 3.05) is 0 Å². The van der Waals surface area contributed by atoms with E-state index in [2.05, 4.69) is 139 Å². The van der Waals surface area contributed by atoms with Gasteiger partial charge in [0.15, 0.2) is 0 Å². The van der Waals surface area contributed by atoms with Gasteiger partial charge < -0.3 is 24.0 Å². The molecule has 0 saturated heterocycles. The van der Waals surface area contributed by atoms with Crippen LogP contribution in [-0.4, -0.2) is 0 Å². The fourth-order valence-corrected chi connectivity index (χ4v) is 4.01. The van der Waals surface area contributed by atoms with Crippen molar-refractivity contribution in [3.05, 3.63) is 133 Å². The molecule has 1 heterocycles. The topological polar surface area (TPSA) is 3.88 Å². The third-order valence-corrected chi connectivity index (χ3v) is 5.60. The molecule has 0 spiro atoms. The SMILES string of the molecule is Cc1ccc(-[n+]2c(-c3ccccc3)cc(-c3ccccc3)cc2-c2ccccc2)cc1.[I-]. The molecule has 0 fully saturated rings. The lowest BCUT2D eigenvalue weighted by atomic mass is 9.98. The predicted octanol–water partition coefficient (Wildman–Crippen LogP) is 4.28. The lowest BCUT2D eigenvalue weighted by Crippen LogP contribution is -3.00. The van der Waals surface area contributed by atoms with Crippen LogP contribution in [0.5, 0.6) is 0 Å². The Bertz CT molecular complexity index is 1240. The molecule has 2 heteroatoms. The molecule has 156 valence electrons. The molecule has 0 amide bonds. The minimum absolute atomic E-state index is 0. The zero-order chi connectivity index (χ0) is 21.0. The fraction of sp³-hybridized carbons (Fsp3) is 0.0333. The van der Waals surface area contributed by atoms with Crippen LogP contribution < -0.4 is 28.5 Å².